The van der Waals surface area contributed by atoms with Crippen molar-refractivity contribution in [3.63, 3.8) is 0 Å². The van der Waals surface area contributed by atoms with E-state index in [1.165, 1.54) is 43.5 Å². The molecule has 0 bridgehead atoms. The normalized spacial score (nSPS) is 15.2. The Bertz CT molecular complexity index is 1060. The third-order valence-electron chi connectivity index (χ3n) is 4.23. The van der Waals surface area contributed by atoms with Crippen LogP contribution >= 0.6 is 11.6 Å². The van der Waals surface area contributed by atoms with Crippen LogP contribution in [0.4, 0.5) is 10.5 Å². The molecule has 1 heterocycles. The van der Waals surface area contributed by atoms with Crippen LogP contribution in [0.5, 0.6) is 5.75 Å². The number of methoxy groups -OCH3 is 1. The monoisotopic (exact) mass is 428 g/mol. The Morgan fingerprint density at radius 3 is 2.43 bits per heavy atom. The topological polar surface area (TPSA) is 102 Å². The highest BCUT2D eigenvalue weighted by Gasteiger charge is 2.36. The van der Waals surface area contributed by atoms with E-state index in [0.29, 0.717) is 16.3 Å². The van der Waals surface area contributed by atoms with Crippen LogP contribution in [0.1, 0.15) is 22.8 Å². The molecule has 0 saturated carbocycles. The predicted octanol–water partition coefficient (Wildman–Crippen LogP) is 3.19. The molecular formula is C21H17ClN2O6. The summed E-state index contributed by atoms with van der Waals surface area (Å²) in [6.07, 6.45) is 1.33. The number of amides is 4. The molecule has 4 amide bonds. The Hall–Kier alpha value is -3.65. The van der Waals surface area contributed by atoms with Gasteiger partial charge in [0.2, 0.25) is 0 Å². The Kier molecular flexibility index (Phi) is 6.17. The zero-order chi connectivity index (χ0) is 21.8. The van der Waals surface area contributed by atoms with Crippen molar-refractivity contribution in [3.8, 4) is 5.75 Å². The number of barbiturate groups is 1. The van der Waals surface area contributed by atoms with E-state index in [1.54, 1.807) is 19.1 Å². The van der Waals surface area contributed by atoms with Gasteiger partial charge in [0.05, 0.1) is 30.0 Å². The summed E-state index contributed by atoms with van der Waals surface area (Å²) in [5.74, 6) is -1.71. The maximum atomic E-state index is 12.9. The molecule has 2 aromatic carbocycles. The van der Waals surface area contributed by atoms with Gasteiger partial charge in [-0.05, 0) is 55.0 Å². The van der Waals surface area contributed by atoms with E-state index in [1.807, 2.05) is 0 Å². The van der Waals surface area contributed by atoms with E-state index in [-0.39, 0.29) is 23.4 Å². The number of halogens is 1. The first-order valence-electron chi connectivity index (χ1n) is 8.88. The van der Waals surface area contributed by atoms with Crippen LogP contribution in [0.15, 0.2) is 48.0 Å². The van der Waals surface area contributed by atoms with Gasteiger partial charge in [-0.1, -0.05) is 17.7 Å². The molecule has 0 unspecified atom stereocenters. The number of nitrogens with zero attached hydrogens (tertiary/aromatic N) is 1. The van der Waals surface area contributed by atoms with E-state index in [2.05, 4.69) is 5.32 Å². The molecule has 3 rings (SSSR count). The third kappa shape index (κ3) is 4.18. The summed E-state index contributed by atoms with van der Waals surface area (Å²) >= 11 is 6.09. The fourth-order valence-electron chi connectivity index (χ4n) is 2.79. The van der Waals surface area contributed by atoms with Crippen molar-refractivity contribution in [2.75, 3.05) is 18.6 Å². The number of hydrogen-bond acceptors (Lipinski definition) is 6. The zero-order valence-corrected chi connectivity index (χ0v) is 16.9. The number of rotatable bonds is 5. The van der Waals surface area contributed by atoms with Gasteiger partial charge in [0.1, 0.15) is 11.3 Å². The zero-order valence-electron chi connectivity index (χ0n) is 16.1. The second-order valence-corrected chi connectivity index (χ2v) is 6.53. The Labute approximate surface area is 177 Å². The first-order valence-corrected chi connectivity index (χ1v) is 9.25. The number of hydrogen-bond donors (Lipinski definition) is 1. The largest absolute Gasteiger partial charge is 0.495 e. The van der Waals surface area contributed by atoms with Crippen molar-refractivity contribution in [2.45, 2.75) is 6.92 Å². The number of ether oxygens (including phenoxy) is 2. The van der Waals surface area contributed by atoms with Crippen molar-refractivity contribution in [2.24, 2.45) is 0 Å². The molecule has 0 radical (unpaired) electrons. The van der Waals surface area contributed by atoms with Gasteiger partial charge in [0, 0.05) is 0 Å². The van der Waals surface area contributed by atoms with Crippen LogP contribution in [0, 0.1) is 0 Å². The molecule has 1 fully saturated rings. The molecule has 1 N–H and O–H groups in total. The van der Waals surface area contributed by atoms with E-state index in [9.17, 15) is 19.2 Å². The lowest BCUT2D eigenvalue weighted by molar-refractivity contribution is -0.122. The van der Waals surface area contributed by atoms with E-state index >= 15 is 0 Å². The SMILES string of the molecule is CCOC(=O)c1ccc(N2C(=O)NC(=O)/C(=C\c3ccc(OC)c(Cl)c3)C2=O)cc1. The summed E-state index contributed by atoms with van der Waals surface area (Å²) in [7, 11) is 1.47. The summed E-state index contributed by atoms with van der Waals surface area (Å²) in [5, 5.41) is 2.44. The lowest BCUT2D eigenvalue weighted by Gasteiger charge is -2.26. The highest BCUT2D eigenvalue weighted by Crippen LogP contribution is 2.27. The second kappa shape index (κ2) is 8.79. The second-order valence-electron chi connectivity index (χ2n) is 6.12. The number of carbonyl (C=O) groups is 4. The molecule has 8 nitrogen and oxygen atoms in total. The molecule has 0 atom stereocenters. The summed E-state index contributed by atoms with van der Waals surface area (Å²) in [4.78, 5) is 50.0. The number of benzene rings is 2. The highest BCUT2D eigenvalue weighted by atomic mass is 35.5. The molecular weight excluding hydrogens is 412 g/mol. The van der Waals surface area contributed by atoms with Crippen molar-refractivity contribution in [1.82, 2.24) is 5.32 Å². The van der Waals surface area contributed by atoms with E-state index in [4.69, 9.17) is 21.1 Å². The summed E-state index contributed by atoms with van der Waals surface area (Å²) in [6, 6.07) is 9.54. The number of esters is 1. The smallest absolute Gasteiger partial charge is 0.338 e. The summed E-state index contributed by atoms with van der Waals surface area (Å²) < 4.78 is 9.99. The third-order valence-corrected chi connectivity index (χ3v) is 4.52. The van der Waals surface area contributed by atoms with Gasteiger partial charge < -0.3 is 9.47 Å². The van der Waals surface area contributed by atoms with Gasteiger partial charge in [-0.15, -0.1) is 0 Å². The molecule has 1 aliphatic rings. The molecule has 2 aromatic rings. The van der Waals surface area contributed by atoms with Crippen LogP contribution in [-0.4, -0.2) is 37.5 Å². The minimum absolute atomic E-state index is 0.191. The Balaban J connectivity index is 1.92. The summed E-state index contributed by atoms with van der Waals surface area (Å²) in [5.41, 5.74) is 0.693. The van der Waals surface area contributed by atoms with Gasteiger partial charge in [0.15, 0.2) is 0 Å². The average molecular weight is 429 g/mol. The van der Waals surface area contributed by atoms with Crippen LogP contribution in [-0.2, 0) is 14.3 Å². The lowest BCUT2D eigenvalue weighted by Crippen LogP contribution is -2.54. The van der Waals surface area contributed by atoms with Crippen LogP contribution in [0.2, 0.25) is 5.02 Å². The van der Waals surface area contributed by atoms with Gasteiger partial charge in [-0.3, -0.25) is 14.9 Å². The molecule has 154 valence electrons. The number of imide groups is 2. The molecule has 0 aliphatic carbocycles. The summed E-state index contributed by atoms with van der Waals surface area (Å²) in [6.45, 7) is 1.91. The molecule has 0 spiro atoms. The van der Waals surface area contributed by atoms with E-state index in [0.717, 1.165) is 4.90 Å². The first kappa shape index (κ1) is 21.1. The van der Waals surface area contributed by atoms with Gasteiger partial charge >= 0.3 is 12.0 Å². The quantitative estimate of drug-likeness (QED) is 0.446. The number of nitrogens with one attached hydrogen (secondary N) is 1. The molecule has 0 aromatic heterocycles. The maximum Gasteiger partial charge on any atom is 0.338 e. The molecule has 1 aliphatic heterocycles. The molecule has 30 heavy (non-hydrogen) atoms. The fraction of sp³-hybridized carbons (Fsp3) is 0.143. The fourth-order valence-corrected chi connectivity index (χ4v) is 3.06. The van der Waals surface area contributed by atoms with Crippen molar-refractivity contribution in [3.05, 3.63) is 64.2 Å². The van der Waals surface area contributed by atoms with Crippen molar-refractivity contribution >= 4 is 47.2 Å². The van der Waals surface area contributed by atoms with Gasteiger partial charge in [-0.25, -0.2) is 14.5 Å². The highest BCUT2D eigenvalue weighted by molar-refractivity contribution is 6.39. The first-order chi connectivity index (χ1) is 14.3. The van der Waals surface area contributed by atoms with E-state index < -0.39 is 23.8 Å². The average Bonchev–Trinajstić information content (AvgIpc) is 2.72. The number of anilines is 1. The minimum Gasteiger partial charge on any atom is -0.495 e. The van der Waals surface area contributed by atoms with Crippen LogP contribution < -0.4 is 15.0 Å². The van der Waals surface area contributed by atoms with Gasteiger partial charge in [-0.2, -0.15) is 0 Å². The van der Waals surface area contributed by atoms with Crippen molar-refractivity contribution < 1.29 is 28.7 Å². The predicted molar refractivity (Wildman–Crippen MR) is 109 cm³/mol. The van der Waals surface area contributed by atoms with Crippen LogP contribution in [0.3, 0.4) is 0 Å². The molecule has 9 heteroatoms. The Morgan fingerprint density at radius 2 is 1.83 bits per heavy atom. The van der Waals surface area contributed by atoms with Crippen molar-refractivity contribution in [1.29, 1.82) is 0 Å². The number of urea groups is 1. The van der Waals surface area contributed by atoms with Crippen LogP contribution in [0.25, 0.3) is 6.08 Å². The van der Waals surface area contributed by atoms with Gasteiger partial charge in [0.25, 0.3) is 11.8 Å². The molecule has 1 saturated heterocycles. The lowest BCUT2D eigenvalue weighted by atomic mass is 10.1. The Morgan fingerprint density at radius 1 is 1.13 bits per heavy atom. The standard InChI is InChI=1S/C21H17ClN2O6/c1-3-30-20(27)13-5-7-14(8-6-13)24-19(26)15(18(25)23-21(24)28)10-12-4-9-17(29-2)16(22)11-12/h4-11H,3H2,1-2H3,(H,23,25,28)/b15-10+. The number of carbonyl (C=O) groups excluding carboxylic acids is 4. The minimum atomic E-state index is -0.890. The maximum absolute atomic E-state index is 12.9.